The van der Waals surface area contributed by atoms with E-state index in [1.54, 1.807) is 0 Å². The summed E-state index contributed by atoms with van der Waals surface area (Å²) >= 11 is 0. The minimum Gasteiger partial charge on any atom is -0.258 e. The van der Waals surface area contributed by atoms with E-state index in [4.69, 9.17) is 0 Å². The standard InChI is InChI=1S/C14H12N2O8S2/c17-15(18)11-1-5-13(6-2-11)25(21,22)9-10-26(23,24)14-7-3-12(4-8-14)16(19)20/h1-8H,9-10H2. The van der Waals surface area contributed by atoms with Crippen molar-refractivity contribution in [3.63, 3.8) is 0 Å². The summed E-state index contributed by atoms with van der Waals surface area (Å²) in [5, 5.41) is 21.2. The summed E-state index contributed by atoms with van der Waals surface area (Å²) in [6.07, 6.45) is 0. The molecule has 0 aliphatic rings. The number of rotatable bonds is 7. The van der Waals surface area contributed by atoms with Crippen molar-refractivity contribution in [2.75, 3.05) is 11.5 Å². The lowest BCUT2D eigenvalue weighted by molar-refractivity contribution is -0.385. The lowest BCUT2D eigenvalue weighted by Gasteiger charge is -2.06. The molecule has 0 aliphatic heterocycles. The maximum Gasteiger partial charge on any atom is 0.269 e. The normalized spacial score (nSPS) is 11.8. The van der Waals surface area contributed by atoms with Crippen LogP contribution >= 0.6 is 0 Å². The zero-order valence-corrected chi connectivity index (χ0v) is 14.6. The van der Waals surface area contributed by atoms with Gasteiger partial charge in [-0.3, -0.25) is 20.2 Å². The molecule has 0 aliphatic carbocycles. The Morgan fingerprint density at radius 3 is 1.12 bits per heavy atom. The van der Waals surface area contributed by atoms with Crippen molar-refractivity contribution in [1.82, 2.24) is 0 Å². The summed E-state index contributed by atoms with van der Waals surface area (Å²) < 4.78 is 48.8. The summed E-state index contributed by atoms with van der Waals surface area (Å²) in [5.41, 5.74) is -0.579. The molecule has 0 amide bonds. The van der Waals surface area contributed by atoms with Crippen LogP contribution in [0.5, 0.6) is 0 Å². The zero-order valence-electron chi connectivity index (χ0n) is 13.0. The fraction of sp³-hybridized carbons (Fsp3) is 0.143. The topological polar surface area (TPSA) is 155 Å². The van der Waals surface area contributed by atoms with Crippen molar-refractivity contribution in [2.24, 2.45) is 0 Å². The first-order chi connectivity index (χ1) is 12.0. The molecule has 0 saturated heterocycles. The predicted octanol–water partition coefficient (Wildman–Crippen LogP) is 1.75. The molecular formula is C14H12N2O8S2. The smallest absolute Gasteiger partial charge is 0.258 e. The summed E-state index contributed by atoms with van der Waals surface area (Å²) in [4.78, 5) is 19.3. The van der Waals surface area contributed by atoms with Crippen LogP contribution in [-0.4, -0.2) is 38.2 Å². The highest BCUT2D eigenvalue weighted by molar-refractivity contribution is 7.95. The van der Waals surface area contributed by atoms with E-state index >= 15 is 0 Å². The molecule has 12 heteroatoms. The number of nitro groups is 2. The third-order valence-corrected chi connectivity index (χ3v) is 7.16. The largest absolute Gasteiger partial charge is 0.269 e. The molecule has 2 aromatic rings. The Kier molecular flexibility index (Phi) is 5.37. The molecule has 138 valence electrons. The molecule has 0 aromatic heterocycles. The van der Waals surface area contributed by atoms with Gasteiger partial charge in [-0.2, -0.15) is 0 Å². The van der Waals surface area contributed by atoms with E-state index in [2.05, 4.69) is 0 Å². The van der Waals surface area contributed by atoms with Crippen LogP contribution < -0.4 is 0 Å². The molecular weight excluding hydrogens is 388 g/mol. The van der Waals surface area contributed by atoms with Gasteiger partial charge in [-0.05, 0) is 24.3 Å². The number of hydrogen-bond donors (Lipinski definition) is 0. The summed E-state index contributed by atoms with van der Waals surface area (Å²) in [6, 6.07) is 8.18. The van der Waals surface area contributed by atoms with E-state index in [9.17, 15) is 37.1 Å². The average Bonchev–Trinajstić information content (AvgIpc) is 2.60. The first kappa shape index (κ1) is 19.5. The first-order valence-corrected chi connectivity index (χ1v) is 10.3. The average molecular weight is 400 g/mol. The Hall–Kier alpha value is -2.86. The molecule has 0 atom stereocenters. The second kappa shape index (κ2) is 7.17. The van der Waals surface area contributed by atoms with Crippen LogP contribution in [0.3, 0.4) is 0 Å². The highest BCUT2D eigenvalue weighted by Crippen LogP contribution is 2.20. The van der Waals surface area contributed by atoms with Gasteiger partial charge in [-0.15, -0.1) is 0 Å². The molecule has 0 saturated carbocycles. The van der Waals surface area contributed by atoms with Gasteiger partial charge in [-0.1, -0.05) is 0 Å². The number of hydrogen-bond acceptors (Lipinski definition) is 8. The van der Waals surface area contributed by atoms with Crippen LogP contribution in [0.2, 0.25) is 0 Å². The minimum atomic E-state index is -3.98. The number of non-ortho nitro benzene ring substituents is 2. The minimum absolute atomic E-state index is 0.234. The van der Waals surface area contributed by atoms with E-state index in [1.807, 2.05) is 0 Å². The van der Waals surface area contributed by atoms with Crippen molar-refractivity contribution < 1.29 is 26.7 Å². The lowest BCUT2D eigenvalue weighted by Crippen LogP contribution is -2.17. The van der Waals surface area contributed by atoms with E-state index < -0.39 is 41.0 Å². The van der Waals surface area contributed by atoms with Crippen LogP contribution in [0.4, 0.5) is 11.4 Å². The molecule has 0 bridgehead atoms. The van der Waals surface area contributed by atoms with Gasteiger partial charge >= 0.3 is 0 Å². The van der Waals surface area contributed by atoms with Crippen molar-refractivity contribution in [2.45, 2.75) is 9.79 Å². The molecule has 0 unspecified atom stereocenters. The van der Waals surface area contributed by atoms with Gasteiger partial charge in [0.1, 0.15) is 0 Å². The Morgan fingerprint density at radius 1 is 0.615 bits per heavy atom. The van der Waals surface area contributed by atoms with E-state index in [0.29, 0.717) is 0 Å². The lowest BCUT2D eigenvalue weighted by atomic mass is 10.3. The van der Waals surface area contributed by atoms with Crippen molar-refractivity contribution in [3.8, 4) is 0 Å². The van der Waals surface area contributed by atoms with Gasteiger partial charge in [-0.25, -0.2) is 16.8 Å². The van der Waals surface area contributed by atoms with Gasteiger partial charge < -0.3 is 0 Å². The molecule has 0 N–H and O–H groups in total. The third-order valence-electron chi connectivity index (χ3n) is 3.43. The predicted molar refractivity (Wildman–Crippen MR) is 90.3 cm³/mol. The highest BCUT2D eigenvalue weighted by atomic mass is 32.2. The summed E-state index contributed by atoms with van der Waals surface area (Å²) in [7, 11) is -7.95. The Labute approximate surface area is 148 Å². The van der Waals surface area contributed by atoms with E-state index in [0.717, 1.165) is 48.5 Å². The van der Waals surface area contributed by atoms with Crippen LogP contribution in [0.1, 0.15) is 0 Å². The van der Waals surface area contributed by atoms with Gasteiger partial charge in [0.2, 0.25) is 0 Å². The number of benzene rings is 2. The maximum absolute atomic E-state index is 12.2. The molecule has 26 heavy (non-hydrogen) atoms. The highest BCUT2D eigenvalue weighted by Gasteiger charge is 2.22. The van der Waals surface area contributed by atoms with Gasteiger partial charge in [0.25, 0.3) is 11.4 Å². The van der Waals surface area contributed by atoms with Crippen LogP contribution in [0.15, 0.2) is 58.3 Å². The second-order valence-electron chi connectivity index (χ2n) is 5.14. The second-order valence-corrected chi connectivity index (χ2v) is 9.36. The van der Waals surface area contributed by atoms with Crippen molar-refractivity contribution in [1.29, 1.82) is 0 Å². The summed E-state index contributed by atoms with van der Waals surface area (Å²) in [6.45, 7) is 0. The van der Waals surface area contributed by atoms with E-state index in [1.165, 1.54) is 0 Å². The van der Waals surface area contributed by atoms with Crippen LogP contribution in [0, 0.1) is 20.2 Å². The third kappa shape index (κ3) is 4.40. The number of sulfone groups is 2. The quantitative estimate of drug-likeness (QED) is 0.503. The molecule has 2 rings (SSSR count). The van der Waals surface area contributed by atoms with Crippen molar-refractivity contribution in [3.05, 3.63) is 68.8 Å². The molecule has 0 heterocycles. The monoisotopic (exact) mass is 400 g/mol. The summed E-state index contributed by atoms with van der Waals surface area (Å²) in [5.74, 6) is -1.46. The van der Waals surface area contributed by atoms with Crippen LogP contribution in [-0.2, 0) is 19.7 Å². The first-order valence-electron chi connectivity index (χ1n) is 6.97. The Morgan fingerprint density at radius 2 is 0.885 bits per heavy atom. The van der Waals surface area contributed by atoms with Gasteiger partial charge in [0.15, 0.2) is 19.7 Å². The number of nitrogens with zero attached hydrogens (tertiary/aromatic N) is 2. The number of nitro benzene ring substituents is 2. The Balaban J connectivity index is 2.17. The van der Waals surface area contributed by atoms with E-state index in [-0.39, 0.29) is 21.2 Å². The molecule has 0 spiro atoms. The fourth-order valence-corrected chi connectivity index (χ4v) is 5.33. The van der Waals surface area contributed by atoms with Crippen LogP contribution in [0.25, 0.3) is 0 Å². The molecule has 0 radical (unpaired) electrons. The van der Waals surface area contributed by atoms with Crippen molar-refractivity contribution >= 4 is 31.0 Å². The SMILES string of the molecule is O=[N+]([O-])c1ccc(S(=O)(=O)CCS(=O)(=O)c2ccc([N+](=O)[O-])cc2)cc1. The Bertz CT molecular complexity index is 956. The van der Waals surface area contributed by atoms with Gasteiger partial charge in [0.05, 0.1) is 31.1 Å². The maximum atomic E-state index is 12.2. The molecule has 10 nitrogen and oxygen atoms in total. The fourth-order valence-electron chi connectivity index (χ4n) is 2.01. The zero-order chi connectivity index (χ0) is 19.5. The molecule has 2 aromatic carbocycles. The molecule has 0 fully saturated rings. The van der Waals surface area contributed by atoms with Gasteiger partial charge in [0, 0.05) is 24.3 Å².